The fourth-order valence-electron chi connectivity index (χ4n) is 6.28. The van der Waals surface area contributed by atoms with Crippen LogP contribution in [0.1, 0.15) is 77.8 Å². The standard InChI is InChI=1S/C29H35BrN2O3/c1-28(2,3)35-27(34)32-24-9-7-6-8-17(24)14-25(32)26(33)31-19-11-13-21-20-12-10-18(30)15-22(20)29(4,5)23(21)16-19/h10-13,15-17,24-25H,6-9,14H2,1-5H3,(H,31,33)/t17-,24-,25-/m0/s1. The van der Waals surface area contributed by atoms with Gasteiger partial charge in [-0.15, -0.1) is 0 Å². The number of carbonyl (C=O) groups is 2. The fourth-order valence-corrected chi connectivity index (χ4v) is 6.65. The van der Waals surface area contributed by atoms with E-state index in [0.29, 0.717) is 12.3 Å². The van der Waals surface area contributed by atoms with Crippen molar-refractivity contribution in [3.8, 4) is 11.1 Å². The molecule has 2 amide bonds. The molecule has 2 fully saturated rings. The second-order valence-electron chi connectivity index (χ2n) is 11.8. The van der Waals surface area contributed by atoms with Gasteiger partial charge in [0.25, 0.3) is 0 Å². The topological polar surface area (TPSA) is 58.6 Å². The van der Waals surface area contributed by atoms with Gasteiger partial charge >= 0.3 is 6.09 Å². The first kappa shape index (κ1) is 24.4. The SMILES string of the molecule is CC(C)(C)OC(=O)N1[C@H](C(=O)Nc2ccc3c(c2)C(C)(C)c2cc(Br)ccc2-3)C[C@@H]2CCCC[C@@H]21. The number of fused-ring (bicyclic) bond motifs is 4. The Labute approximate surface area is 216 Å². The zero-order chi connectivity index (χ0) is 25.1. The van der Waals surface area contributed by atoms with Gasteiger partial charge in [0.1, 0.15) is 11.6 Å². The van der Waals surface area contributed by atoms with Gasteiger partial charge in [-0.1, -0.05) is 54.8 Å². The van der Waals surface area contributed by atoms with E-state index in [1.54, 1.807) is 4.90 Å². The molecule has 2 aliphatic carbocycles. The Morgan fingerprint density at radius 2 is 1.69 bits per heavy atom. The minimum Gasteiger partial charge on any atom is -0.444 e. The van der Waals surface area contributed by atoms with Gasteiger partial charge in [0, 0.05) is 21.6 Å². The van der Waals surface area contributed by atoms with Gasteiger partial charge in [0.15, 0.2) is 0 Å². The first-order chi connectivity index (χ1) is 16.5. The minimum absolute atomic E-state index is 0.0845. The van der Waals surface area contributed by atoms with Crippen LogP contribution in [-0.2, 0) is 14.9 Å². The number of nitrogens with one attached hydrogen (secondary N) is 1. The molecule has 3 aliphatic rings. The number of carbonyl (C=O) groups excluding carboxylic acids is 2. The zero-order valence-corrected chi connectivity index (χ0v) is 22.9. The molecule has 1 heterocycles. The van der Waals surface area contributed by atoms with Crippen molar-refractivity contribution in [3.05, 3.63) is 52.0 Å². The molecule has 1 saturated heterocycles. The maximum absolute atomic E-state index is 13.6. The van der Waals surface area contributed by atoms with Crippen molar-refractivity contribution in [2.45, 2.75) is 89.8 Å². The minimum atomic E-state index is -0.597. The molecule has 0 radical (unpaired) electrons. The summed E-state index contributed by atoms with van der Waals surface area (Å²) in [6, 6.07) is 12.2. The molecule has 0 spiro atoms. The van der Waals surface area contributed by atoms with Crippen molar-refractivity contribution in [1.29, 1.82) is 0 Å². The number of likely N-dealkylation sites (tertiary alicyclic amines) is 1. The molecule has 0 unspecified atom stereocenters. The Bertz CT molecular complexity index is 1180. The van der Waals surface area contributed by atoms with Crippen LogP contribution in [-0.4, -0.2) is 34.6 Å². The molecule has 5 nitrogen and oxygen atoms in total. The van der Waals surface area contributed by atoms with Crippen LogP contribution in [0.15, 0.2) is 40.9 Å². The Hall–Kier alpha value is -2.34. The van der Waals surface area contributed by atoms with E-state index in [4.69, 9.17) is 4.74 Å². The van der Waals surface area contributed by atoms with Gasteiger partial charge in [0.2, 0.25) is 5.91 Å². The Morgan fingerprint density at radius 3 is 2.40 bits per heavy atom. The summed E-state index contributed by atoms with van der Waals surface area (Å²) in [7, 11) is 0. The maximum Gasteiger partial charge on any atom is 0.411 e. The van der Waals surface area contributed by atoms with E-state index >= 15 is 0 Å². The molecular formula is C29H35BrN2O3. The Balaban J connectivity index is 1.41. The molecule has 5 rings (SSSR count). The number of hydrogen-bond donors (Lipinski definition) is 1. The highest BCUT2D eigenvalue weighted by Gasteiger charge is 2.49. The lowest BCUT2D eigenvalue weighted by atomic mass is 9.82. The van der Waals surface area contributed by atoms with Gasteiger partial charge in [-0.25, -0.2) is 4.79 Å². The van der Waals surface area contributed by atoms with E-state index in [9.17, 15) is 9.59 Å². The molecule has 2 aromatic rings. The summed E-state index contributed by atoms with van der Waals surface area (Å²) >= 11 is 3.61. The highest BCUT2D eigenvalue weighted by Crippen LogP contribution is 2.50. The average molecular weight is 540 g/mol. The number of nitrogens with zero attached hydrogens (tertiary/aromatic N) is 1. The molecule has 0 aromatic heterocycles. The molecule has 0 bridgehead atoms. The summed E-state index contributed by atoms with van der Waals surface area (Å²) in [5.41, 5.74) is 4.93. The summed E-state index contributed by atoms with van der Waals surface area (Å²) in [5.74, 6) is 0.236. The first-order valence-corrected chi connectivity index (χ1v) is 13.5. The third-order valence-electron chi connectivity index (χ3n) is 7.90. The summed E-state index contributed by atoms with van der Waals surface area (Å²) in [5, 5.41) is 3.15. The van der Waals surface area contributed by atoms with Gasteiger partial charge in [-0.05, 0) is 92.5 Å². The molecule has 3 atom stereocenters. The van der Waals surface area contributed by atoms with E-state index in [0.717, 1.165) is 35.8 Å². The van der Waals surface area contributed by atoms with Crippen LogP contribution in [0.5, 0.6) is 0 Å². The highest BCUT2D eigenvalue weighted by atomic mass is 79.9. The molecular weight excluding hydrogens is 504 g/mol. The summed E-state index contributed by atoms with van der Waals surface area (Å²) < 4.78 is 6.80. The van der Waals surface area contributed by atoms with Crippen molar-refractivity contribution >= 4 is 33.6 Å². The van der Waals surface area contributed by atoms with Gasteiger partial charge < -0.3 is 10.1 Å². The molecule has 1 saturated carbocycles. The third kappa shape index (κ3) is 4.39. The third-order valence-corrected chi connectivity index (χ3v) is 8.39. The number of ether oxygens (including phenoxy) is 1. The normalized spacial score (nSPS) is 24.4. The van der Waals surface area contributed by atoms with Crippen molar-refractivity contribution in [2.75, 3.05) is 5.32 Å². The Morgan fingerprint density at radius 1 is 1.03 bits per heavy atom. The quantitative estimate of drug-likeness (QED) is 0.437. The molecule has 1 aliphatic heterocycles. The predicted molar refractivity (Wildman–Crippen MR) is 143 cm³/mol. The van der Waals surface area contributed by atoms with E-state index in [1.165, 1.54) is 22.3 Å². The van der Waals surface area contributed by atoms with Crippen LogP contribution < -0.4 is 5.32 Å². The lowest BCUT2D eigenvalue weighted by Crippen LogP contribution is -2.49. The second kappa shape index (κ2) is 8.65. The Kier molecular flexibility index (Phi) is 6.02. The van der Waals surface area contributed by atoms with Gasteiger partial charge in [-0.2, -0.15) is 0 Å². The zero-order valence-electron chi connectivity index (χ0n) is 21.3. The maximum atomic E-state index is 13.6. The molecule has 1 N–H and O–H groups in total. The van der Waals surface area contributed by atoms with E-state index < -0.39 is 11.6 Å². The van der Waals surface area contributed by atoms with Crippen LogP contribution in [0.3, 0.4) is 0 Å². The lowest BCUT2D eigenvalue weighted by molar-refractivity contribution is -0.120. The number of halogens is 1. The number of rotatable bonds is 2. The predicted octanol–water partition coefficient (Wildman–Crippen LogP) is 7.26. The number of anilines is 1. The van der Waals surface area contributed by atoms with Crippen LogP contribution >= 0.6 is 15.9 Å². The van der Waals surface area contributed by atoms with Gasteiger partial charge in [-0.3, -0.25) is 9.69 Å². The van der Waals surface area contributed by atoms with Crippen molar-refractivity contribution in [1.82, 2.24) is 4.90 Å². The van der Waals surface area contributed by atoms with E-state index in [-0.39, 0.29) is 23.5 Å². The van der Waals surface area contributed by atoms with Crippen LogP contribution in [0, 0.1) is 5.92 Å². The van der Waals surface area contributed by atoms with Crippen LogP contribution in [0.25, 0.3) is 11.1 Å². The second-order valence-corrected chi connectivity index (χ2v) is 12.7. The van der Waals surface area contributed by atoms with Crippen molar-refractivity contribution in [3.63, 3.8) is 0 Å². The highest BCUT2D eigenvalue weighted by molar-refractivity contribution is 9.10. The van der Waals surface area contributed by atoms with Gasteiger partial charge in [0.05, 0.1) is 0 Å². The summed E-state index contributed by atoms with van der Waals surface area (Å²) in [4.78, 5) is 28.5. The number of benzene rings is 2. The van der Waals surface area contributed by atoms with E-state index in [2.05, 4.69) is 65.4 Å². The lowest BCUT2D eigenvalue weighted by Gasteiger charge is -2.34. The summed E-state index contributed by atoms with van der Waals surface area (Å²) in [6.45, 7) is 10.1. The molecule has 186 valence electrons. The van der Waals surface area contributed by atoms with E-state index in [1.807, 2.05) is 26.8 Å². The van der Waals surface area contributed by atoms with Crippen LogP contribution in [0.4, 0.5) is 10.5 Å². The van der Waals surface area contributed by atoms with Crippen LogP contribution in [0.2, 0.25) is 0 Å². The number of amides is 2. The van der Waals surface area contributed by atoms with Crippen molar-refractivity contribution < 1.29 is 14.3 Å². The largest absolute Gasteiger partial charge is 0.444 e. The fraction of sp³-hybridized carbons (Fsp3) is 0.517. The first-order valence-electron chi connectivity index (χ1n) is 12.7. The molecule has 6 heteroatoms. The smallest absolute Gasteiger partial charge is 0.411 e. The van der Waals surface area contributed by atoms with Crippen molar-refractivity contribution in [2.24, 2.45) is 5.92 Å². The molecule has 2 aromatic carbocycles. The average Bonchev–Trinajstić information content (AvgIpc) is 3.27. The monoisotopic (exact) mass is 538 g/mol. The number of hydrogen-bond acceptors (Lipinski definition) is 3. The summed E-state index contributed by atoms with van der Waals surface area (Å²) in [6.07, 6.45) is 4.58. The molecule has 35 heavy (non-hydrogen) atoms.